The molecule has 0 bridgehead atoms. The first-order chi connectivity index (χ1) is 16.1. The van der Waals surface area contributed by atoms with Gasteiger partial charge in [0.15, 0.2) is 0 Å². The summed E-state index contributed by atoms with van der Waals surface area (Å²) in [5.74, 6) is 0.0830. The third-order valence-corrected chi connectivity index (χ3v) is 5.69. The monoisotopic (exact) mass is 457 g/mol. The molecule has 0 radical (unpaired) electrons. The van der Waals surface area contributed by atoms with E-state index in [0.29, 0.717) is 29.2 Å². The number of benzene rings is 3. The van der Waals surface area contributed by atoms with Crippen molar-refractivity contribution in [2.45, 2.75) is 19.6 Å². The van der Waals surface area contributed by atoms with Crippen LogP contribution in [0.1, 0.15) is 44.9 Å². The lowest BCUT2D eigenvalue weighted by molar-refractivity contribution is 0.0940. The van der Waals surface area contributed by atoms with Crippen molar-refractivity contribution in [2.75, 3.05) is 5.32 Å². The molecule has 1 aromatic heterocycles. The average Bonchev–Trinajstić information content (AvgIpc) is 3.37. The molecule has 6 nitrogen and oxygen atoms in total. The molecule has 0 aliphatic rings. The van der Waals surface area contributed by atoms with E-state index in [2.05, 4.69) is 15.6 Å². The molecule has 1 atom stereocenters. The molecule has 1 heterocycles. The van der Waals surface area contributed by atoms with Crippen LogP contribution in [0, 0.1) is 0 Å². The van der Waals surface area contributed by atoms with Gasteiger partial charge in [0.05, 0.1) is 28.5 Å². The van der Waals surface area contributed by atoms with Crippen LogP contribution in [0.15, 0.2) is 89.8 Å². The van der Waals surface area contributed by atoms with E-state index >= 15 is 0 Å². The van der Waals surface area contributed by atoms with Gasteiger partial charge in [-0.2, -0.15) is 0 Å². The summed E-state index contributed by atoms with van der Waals surface area (Å²) in [5.41, 5.74) is 4.93. The second-order valence-corrected chi connectivity index (χ2v) is 8.12. The number of ether oxygens (including phenoxy) is 1. The minimum Gasteiger partial charge on any atom is -0.487 e. The Morgan fingerprint density at radius 3 is 2.39 bits per heavy atom. The van der Waals surface area contributed by atoms with Crippen molar-refractivity contribution in [3.8, 4) is 5.75 Å². The summed E-state index contributed by atoms with van der Waals surface area (Å²) in [6, 6.07) is 23.4. The summed E-state index contributed by atoms with van der Waals surface area (Å²) >= 11 is 1.51. The third kappa shape index (κ3) is 5.84. The van der Waals surface area contributed by atoms with Crippen LogP contribution in [-0.2, 0) is 6.61 Å². The summed E-state index contributed by atoms with van der Waals surface area (Å²) in [6.45, 7) is 2.30. The van der Waals surface area contributed by atoms with Crippen LogP contribution < -0.4 is 15.4 Å². The molecular weight excluding hydrogens is 434 g/mol. The first-order valence-electron chi connectivity index (χ1n) is 10.5. The van der Waals surface area contributed by atoms with Crippen molar-refractivity contribution >= 4 is 28.8 Å². The van der Waals surface area contributed by atoms with E-state index in [1.807, 2.05) is 42.6 Å². The number of hydrogen-bond acceptors (Lipinski definition) is 5. The standard InChI is InChI=1S/C26H23N3O3S/c1-18(19-7-3-2-4-8-19)28-26(31)23-9-5-6-10-24(23)29-25(30)20-11-13-22(14-12-20)32-15-21-16-33-17-27-21/h2-14,16-18H,15H2,1H3,(H,28,31)(H,29,30). The largest absolute Gasteiger partial charge is 0.487 e. The second-order valence-electron chi connectivity index (χ2n) is 7.40. The smallest absolute Gasteiger partial charge is 0.255 e. The second kappa shape index (κ2) is 10.6. The third-order valence-electron chi connectivity index (χ3n) is 5.05. The fraction of sp³-hybridized carbons (Fsp3) is 0.115. The van der Waals surface area contributed by atoms with Gasteiger partial charge in [0, 0.05) is 10.9 Å². The normalized spacial score (nSPS) is 11.4. The van der Waals surface area contributed by atoms with Crippen molar-refractivity contribution in [3.63, 3.8) is 0 Å². The number of hydrogen-bond donors (Lipinski definition) is 2. The maximum Gasteiger partial charge on any atom is 0.255 e. The lowest BCUT2D eigenvalue weighted by atomic mass is 10.1. The number of nitrogens with zero attached hydrogens (tertiary/aromatic N) is 1. The minimum absolute atomic E-state index is 0.167. The van der Waals surface area contributed by atoms with Gasteiger partial charge < -0.3 is 15.4 Å². The lowest BCUT2D eigenvalue weighted by Crippen LogP contribution is -2.28. The van der Waals surface area contributed by atoms with Crippen LogP contribution in [0.3, 0.4) is 0 Å². The summed E-state index contributed by atoms with van der Waals surface area (Å²) in [5, 5.41) is 7.76. The van der Waals surface area contributed by atoms with E-state index in [1.54, 1.807) is 54.0 Å². The molecule has 0 aliphatic carbocycles. The van der Waals surface area contributed by atoms with Gasteiger partial charge in [0.1, 0.15) is 12.4 Å². The Morgan fingerprint density at radius 2 is 1.67 bits per heavy atom. The molecule has 2 N–H and O–H groups in total. The summed E-state index contributed by atoms with van der Waals surface area (Å²) in [7, 11) is 0. The van der Waals surface area contributed by atoms with E-state index in [-0.39, 0.29) is 17.9 Å². The molecule has 3 aromatic carbocycles. The molecule has 166 valence electrons. The Labute approximate surface area is 196 Å². The molecule has 4 rings (SSSR count). The van der Waals surface area contributed by atoms with E-state index in [9.17, 15) is 9.59 Å². The van der Waals surface area contributed by atoms with Crippen LogP contribution in [0.25, 0.3) is 0 Å². The van der Waals surface area contributed by atoms with Gasteiger partial charge in [-0.25, -0.2) is 4.98 Å². The maximum atomic E-state index is 12.9. The number of aromatic nitrogens is 1. The van der Waals surface area contributed by atoms with Crippen LogP contribution in [0.4, 0.5) is 5.69 Å². The fourth-order valence-electron chi connectivity index (χ4n) is 3.25. The fourth-order valence-corrected chi connectivity index (χ4v) is 3.80. The Morgan fingerprint density at radius 1 is 0.939 bits per heavy atom. The van der Waals surface area contributed by atoms with Gasteiger partial charge >= 0.3 is 0 Å². The van der Waals surface area contributed by atoms with Crippen LogP contribution >= 0.6 is 11.3 Å². The first kappa shape index (κ1) is 22.2. The highest BCUT2D eigenvalue weighted by Gasteiger charge is 2.16. The molecule has 0 saturated carbocycles. The highest BCUT2D eigenvalue weighted by molar-refractivity contribution is 7.07. The van der Waals surface area contributed by atoms with Crippen molar-refractivity contribution in [1.82, 2.24) is 10.3 Å². The summed E-state index contributed by atoms with van der Waals surface area (Å²) in [4.78, 5) is 29.9. The number of rotatable bonds is 8. The molecule has 2 amide bonds. The van der Waals surface area contributed by atoms with E-state index in [0.717, 1.165) is 11.3 Å². The lowest BCUT2D eigenvalue weighted by Gasteiger charge is -2.16. The highest BCUT2D eigenvalue weighted by atomic mass is 32.1. The first-order valence-corrected chi connectivity index (χ1v) is 11.4. The van der Waals surface area contributed by atoms with Crippen molar-refractivity contribution in [3.05, 3.63) is 112 Å². The van der Waals surface area contributed by atoms with Crippen molar-refractivity contribution in [1.29, 1.82) is 0 Å². The number of nitrogens with one attached hydrogen (secondary N) is 2. The minimum atomic E-state index is -0.308. The van der Waals surface area contributed by atoms with Gasteiger partial charge in [0.25, 0.3) is 11.8 Å². The quantitative estimate of drug-likeness (QED) is 0.368. The number of anilines is 1. The zero-order valence-corrected chi connectivity index (χ0v) is 18.8. The Hall–Kier alpha value is -3.97. The number of para-hydroxylation sites is 1. The van der Waals surface area contributed by atoms with Crippen molar-refractivity contribution in [2.24, 2.45) is 0 Å². The van der Waals surface area contributed by atoms with E-state index in [4.69, 9.17) is 4.74 Å². The molecule has 1 unspecified atom stereocenters. The molecule has 33 heavy (non-hydrogen) atoms. The van der Waals surface area contributed by atoms with E-state index in [1.165, 1.54) is 11.3 Å². The SMILES string of the molecule is CC(NC(=O)c1ccccc1NC(=O)c1ccc(OCc2cscn2)cc1)c1ccccc1. The van der Waals surface area contributed by atoms with Crippen LogP contribution in [0.5, 0.6) is 5.75 Å². The number of thiazole rings is 1. The topological polar surface area (TPSA) is 80.3 Å². The predicted octanol–water partition coefficient (Wildman–Crippen LogP) is 5.47. The zero-order valence-electron chi connectivity index (χ0n) is 18.0. The van der Waals surface area contributed by atoms with Crippen molar-refractivity contribution < 1.29 is 14.3 Å². The molecule has 0 spiro atoms. The zero-order chi connectivity index (χ0) is 23.0. The predicted molar refractivity (Wildman–Crippen MR) is 130 cm³/mol. The number of carbonyl (C=O) groups is 2. The number of amides is 2. The highest BCUT2D eigenvalue weighted by Crippen LogP contribution is 2.20. The Balaban J connectivity index is 1.40. The van der Waals surface area contributed by atoms with Gasteiger partial charge in [-0.3, -0.25) is 9.59 Å². The Bertz CT molecular complexity index is 1210. The van der Waals surface area contributed by atoms with Crippen LogP contribution in [-0.4, -0.2) is 16.8 Å². The molecule has 0 fully saturated rings. The average molecular weight is 458 g/mol. The number of carbonyl (C=O) groups excluding carboxylic acids is 2. The summed E-state index contributed by atoms with van der Waals surface area (Å²) < 4.78 is 5.69. The molecule has 0 aliphatic heterocycles. The van der Waals surface area contributed by atoms with Crippen LogP contribution in [0.2, 0.25) is 0 Å². The summed E-state index contributed by atoms with van der Waals surface area (Å²) in [6.07, 6.45) is 0. The van der Waals surface area contributed by atoms with E-state index < -0.39 is 0 Å². The molecule has 7 heteroatoms. The molecule has 0 saturated heterocycles. The Kier molecular flexibility index (Phi) is 7.12. The van der Waals surface area contributed by atoms with Gasteiger partial charge in [-0.1, -0.05) is 42.5 Å². The van der Waals surface area contributed by atoms with Gasteiger partial charge in [-0.15, -0.1) is 11.3 Å². The van der Waals surface area contributed by atoms with Gasteiger partial charge in [0.2, 0.25) is 0 Å². The van der Waals surface area contributed by atoms with Gasteiger partial charge in [-0.05, 0) is 48.9 Å². The molecular formula is C26H23N3O3S. The maximum absolute atomic E-state index is 12.9. The molecule has 4 aromatic rings.